The van der Waals surface area contributed by atoms with Gasteiger partial charge >= 0.3 is 0 Å². The van der Waals surface area contributed by atoms with Crippen LogP contribution in [0.25, 0.3) is 0 Å². The van der Waals surface area contributed by atoms with Gasteiger partial charge in [0.1, 0.15) is 6.67 Å². The first kappa shape index (κ1) is 12.6. The molecule has 2 N–H and O–H groups in total. The summed E-state index contributed by atoms with van der Waals surface area (Å²) < 4.78 is 30.6. The van der Waals surface area contributed by atoms with Crippen molar-refractivity contribution in [3.05, 3.63) is 29.1 Å². The number of Topliss-reactive ketones (excluding diaryl/α,β-unsaturated/α-hetero) is 1. The SMILES string of the molecule is COc1c(F)cc(CF)cc1C(=O)C(C)N. The quantitative estimate of drug-likeness (QED) is 0.801. The Hall–Kier alpha value is -1.49. The number of alkyl halides is 1. The molecule has 88 valence electrons. The van der Waals surface area contributed by atoms with E-state index in [1.165, 1.54) is 20.1 Å². The summed E-state index contributed by atoms with van der Waals surface area (Å²) in [4.78, 5) is 11.7. The molecule has 0 amide bonds. The molecule has 5 heteroatoms. The number of hydrogen-bond acceptors (Lipinski definition) is 3. The number of nitrogens with two attached hydrogens (primary N) is 1. The number of ether oxygens (including phenoxy) is 1. The minimum atomic E-state index is -0.847. The minimum Gasteiger partial charge on any atom is -0.493 e. The number of rotatable bonds is 4. The van der Waals surface area contributed by atoms with E-state index in [4.69, 9.17) is 10.5 Å². The molecule has 0 aliphatic heterocycles. The van der Waals surface area contributed by atoms with Crippen molar-refractivity contribution in [1.82, 2.24) is 0 Å². The van der Waals surface area contributed by atoms with Crippen molar-refractivity contribution >= 4 is 5.78 Å². The molecule has 3 nitrogen and oxygen atoms in total. The third kappa shape index (κ3) is 2.36. The average Bonchev–Trinajstić information content (AvgIpc) is 2.26. The van der Waals surface area contributed by atoms with Crippen LogP contribution >= 0.6 is 0 Å². The first-order valence-corrected chi connectivity index (χ1v) is 4.73. The molecule has 1 rings (SSSR count). The summed E-state index contributed by atoms with van der Waals surface area (Å²) in [5, 5.41) is 0. The number of carbonyl (C=O) groups is 1. The number of benzene rings is 1. The van der Waals surface area contributed by atoms with Crippen LogP contribution < -0.4 is 10.5 Å². The van der Waals surface area contributed by atoms with Gasteiger partial charge in [0, 0.05) is 0 Å². The number of hydrogen-bond donors (Lipinski definition) is 1. The van der Waals surface area contributed by atoms with E-state index in [0.717, 1.165) is 6.07 Å². The van der Waals surface area contributed by atoms with Gasteiger partial charge in [-0.1, -0.05) is 0 Å². The van der Waals surface area contributed by atoms with Crippen molar-refractivity contribution in [1.29, 1.82) is 0 Å². The van der Waals surface area contributed by atoms with Crippen LogP contribution in [0.5, 0.6) is 5.75 Å². The zero-order chi connectivity index (χ0) is 12.3. The van der Waals surface area contributed by atoms with Crippen LogP contribution in [0, 0.1) is 5.82 Å². The third-order valence-corrected chi connectivity index (χ3v) is 2.14. The summed E-state index contributed by atoms with van der Waals surface area (Å²) in [6.45, 7) is 0.627. The molecule has 0 spiro atoms. The molecule has 0 saturated heterocycles. The molecular weight excluding hydrogens is 216 g/mol. The Balaban J connectivity index is 3.33. The zero-order valence-electron chi connectivity index (χ0n) is 9.09. The maximum absolute atomic E-state index is 13.4. The fourth-order valence-corrected chi connectivity index (χ4v) is 1.36. The molecule has 0 saturated carbocycles. The van der Waals surface area contributed by atoms with E-state index in [0.29, 0.717) is 0 Å². The molecule has 0 fully saturated rings. The molecule has 0 aliphatic rings. The molecule has 1 atom stereocenters. The highest BCUT2D eigenvalue weighted by Gasteiger charge is 2.20. The molecule has 1 aromatic carbocycles. The predicted molar refractivity (Wildman–Crippen MR) is 55.7 cm³/mol. The van der Waals surface area contributed by atoms with Gasteiger partial charge in [0.15, 0.2) is 17.3 Å². The smallest absolute Gasteiger partial charge is 0.183 e. The van der Waals surface area contributed by atoms with Crippen LogP contribution in [-0.2, 0) is 6.67 Å². The molecule has 16 heavy (non-hydrogen) atoms. The van der Waals surface area contributed by atoms with Crippen LogP contribution in [-0.4, -0.2) is 18.9 Å². The Morgan fingerprint density at radius 1 is 1.56 bits per heavy atom. The van der Waals surface area contributed by atoms with Crippen molar-refractivity contribution in [2.75, 3.05) is 7.11 Å². The van der Waals surface area contributed by atoms with Gasteiger partial charge in [-0.25, -0.2) is 8.78 Å². The molecule has 0 aliphatic carbocycles. The lowest BCUT2D eigenvalue weighted by molar-refractivity contribution is 0.0964. The topological polar surface area (TPSA) is 52.3 Å². The number of halogens is 2. The van der Waals surface area contributed by atoms with Gasteiger partial charge in [-0.3, -0.25) is 4.79 Å². The van der Waals surface area contributed by atoms with E-state index >= 15 is 0 Å². The standard InChI is InChI=1S/C11H13F2NO2/c1-6(14)10(15)8-3-7(5-12)4-9(13)11(8)16-2/h3-4,6H,5,14H2,1-2H3. The normalized spacial score (nSPS) is 12.3. The van der Waals surface area contributed by atoms with Crippen LogP contribution in [0.3, 0.4) is 0 Å². The maximum atomic E-state index is 13.4. The van der Waals surface area contributed by atoms with Gasteiger partial charge in [-0.05, 0) is 24.6 Å². The fraction of sp³-hybridized carbons (Fsp3) is 0.364. The van der Waals surface area contributed by atoms with E-state index in [1.807, 2.05) is 0 Å². The Kier molecular flexibility index (Phi) is 3.95. The second-order valence-electron chi connectivity index (χ2n) is 3.45. The number of carbonyl (C=O) groups excluding carboxylic acids is 1. The Labute approximate surface area is 92.2 Å². The van der Waals surface area contributed by atoms with Crippen LogP contribution in [0.4, 0.5) is 8.78 Å². The Bertz CT molecular complexity index is 405. The Morgan fingerprint density at radius 3 is 2.62 bits per heavy atom. The van der Waals surface area contributed by atoms with Gasteiger partial charge in [-0.2, -0.15) is 0 Å². The first-order chi connectivity index (χ1) is 7.51. The highest BCUT2D eigenvalue weighted by molar-refractivity contribution is 6.02. The average molecular weight is 229 g/mol. The van der Waals surface area contributed by atoms with Crippen LogP contribution in [0.15, 0.2) is 12.1 Å². The van der Waals surface area contributed by atoms with Crippen molar-refractivity contribution < 1.29 is 18.3 Å². The molecule has 0 radical (unpaired) electrons. The van der Waals surface area contributed by atoms with Gasteiger partial charge < -0.3 is 10.5 Å². The maximum Gasteiger partial charge on any atom is 0.183 e. The second-order valence-corrected chi connectivity index (χ2v) is 3.45. The largest absolute Gasteiger partial charge is 0.493 e. The first-order valence-electron chi connectivity index (χ1n) is 4.73. The van der Waals surface area contributed by atoms with E-state index in [1.54, 1.807) is 0 Å². The summed E-state index contributed by atoms with van der Waals surface area (Å²) in [5.41, 5.74) is 5.47. The Morgan fingerprint density at radius 2 is 2.19 bits per heavy atom. The van der Waals surface area contributed by atoms with Crippen molar-refractivity contribution in [2.24, 2.45) is 5.73 Å². The fourth-order valence-electron chi connectivity index (χ4n) is 1.36. The molecular formula is C11H13F2NO2. The van der Waals surface area contributed by atoms with Gasteiger partial charge in [0.2, 0.25) is 0 Å². The van der Waals surface area contributed by atoms with E-state index < -0.39 is 24.3 Å². The number of methoxy groups -OCH3 is 1. The lowest BCUT2D eigenvalue weighted by Crippen LogP contribution is -2.27. The summed E-state index contributed by atoms with van der Waals surface area (Å²) in [5.74, 6) is -1.44. The van der Waals surface area contributed by atoms with E-state index in [2.05, 4.69) is 0 Å². The molecule has 1 aromatic rings. The van der Waals surface area contributed by atoms with E-state index in [9.17, 15) is 13.6 Å². The number of ketones is 1. The molecule has 0 heterocycles. The third-order valence-electron chi connectivity index (χ3n) is 2.14. The van der Waals surface area contributed by atoms with Crippen molar-refractivity contribution in [2.45, 2.75) is 19.6 Å². The zero-order valence-corrected chi connectivity index (χ0v) is 9.09. The van der Waals surface area contributed by atoms with Gasteiger partial charge in [0.25, 0.3) is 0 Å². The van der Waals surface area contributed by atoms with Crippen LogP contribution in [0.2, 0.25) is 0 Å². The predicted octanol–water partition coefficient (Wildman–Crippen LogP) is 1.83. The highest BCUT2D eigenvalue weighted by Crippen LogP contribution is 2.26. The second kappa shape index (κ2) is 5.03. The van der Waals surface area contributed by atoms with Gasteiger partial charge in [0.05, 0.1) is 18.7 Å². The monoisotopic (exact) mass is 229 g/mol. The van der Waals surface area contributed by atoms with Gasteiger partial charge in [-0.15, -0.1) is 0 Å². The lowest BCUT2D eigenvalue weighted by atomic mass is 10.0. The summed E-state index contributed by atoms with van der Waals surface area (Å²) in [6.07, 6.45) is 0. The molecule has 0 bridgehead atoms. The van der Waals surface area contributed by atoms with Crippen molar-refractivity contribution in [3.63, 3.8) is 0 Å². The van der Waals surface area contributed by atoms with Crippen LogP contribution in [0.1, 0.15) is 22.8 Å². The minimum absolute atomic E-state index is 0.0230. The van der Waals surface area contributed by atoms with Crippen molar-refractivity contribution in [3.8, 4) is 5.75 Å². The van der Waals surface area contributed by atoms with E-state index in [-0.39, 0.29) is 16.9 Å². The molecule has 0 aromatic heterocycles. The summed E-state index contributed by atoms with van der Waals surface area (Å²) in [7, 11) is 1.24. The summed E-state index contributed by atoms with van der Waals surface area (Å²) >= 11 is 0. The summed E-state index contributed by atoms with van der Waals surface area (Å²) in [6, 6.07) is 1.47. The highest BCUT2D eigenvalue weighted by atomic mass is 19.1. The molecule has 1 unspecified atom stereocenters. The lowest BCUT2D eigenvalue weighted by Gasteiger charge is -2.11.